The molecule has 2 N–H and O–H groups in total. The van der Waals surface area contributed by atoms with Gasteiger partial charge in [0.1, 0.15) is 11.4 Å². The predicted octanol–water partition coefficient (Wildman–Crippen LogP) is 4.17. The molecular formula is C18H21NO3. The highest BCUT2D eigenvalue weighted by atomic mass is 16.5. The fourth-order valence-electron chi connectivity index (χ4n) is 2.09. The van der Waals surface area contributed by atoms with Crippen molar-refractivity contribution >= 4 is 11.7 Å². The number of aromatic carboxylic acids is 1. The summed E-state index contributed by atoms with van der Waals surface area (Å²) in [5.41, 5.74) is 1.56. The Kier molecular flexibility index (Phi) is 4.71. The van der Waals surface area contributed by atoms with Crippen LogP contribution in [-0.2, 0) is 6.54 Å². The average Bonchev–Trinajstić information content (AvgIpc) is 2.45. The molecule has 0 aliphatic rings. The monoisotopic (exact) mass is 299 g/mol. The van der Waals surface area contributed by atoms with Crippen LogP contribution in [0.1, 0.15) is 36.7 Å². The zero-order valence-corrected chi connectivity index (χ0v) is 13.1. The molecule has 116 valence electrons. The van der Waals surface area contributed by atoms with E-state index < -0.39 is 5.97 Å². The number of hydrogen-bond acceptors (Lipinski definition) is 3. The van der Waals surface area contributed by atoms with Crippen molar-refractivity contribution in [3.05, 3.63) is 59.7 Å². The fraction of sp³-hybridized carbons (Fsp3) is 0.278. The van der Waals surface area contributed by atoms with Gasteiger partial charge in [0.25, 0.3) is 0 Å². The van der Waals surface area contributed by atoms with E-state index in [2.05, 4.69) is 5.32 Å². The summed E-state index contributed by atoms with van der Waals surface area (Å²) in [6.45, 7) is 6.49. The molecule has 2 aromatic rings. The van der Waals surface area contributed by atoms with E-state index in [1.165, 1.54) is 0 Å². The molecule has 0 atom stereocenters. The molecule has 0 aliphatic carbocycles. The van der Waals surface area contributed by atoms with Crippen LogP contribution in [0.4, 0.5) is 5.69 Å². The second-order valence-electron chi connectivity index (χ2n) is 6.03. The van der Waals surface area contributed by atoms with Crippen LogP contribution in [0.15, 0.2) is 48.5 Å². The van der Waals surface area contributed by atoms with Crippen molar-refractivity contribution < 1.29 is 14.6 Å². The van der Waals surface area contributed by atoms with Crippen molar-refractivity contribution in [1.82, 2.24) is 0 Å². The van der Waals surface area contributed by atoms with Gasteiger partial charge < -0.3 is 15.2 Å². The summed E-state index contributed by atoms with van der Waals surface area (Å²) in [4.78, 5) is 11.2. The van der Waals surface area contributed by atoms with E-state index >= 15 is 0 Å². The maximum absolute atomic E-state index is 11.2. The predicted molar refractivity (Wildman–Crippen MR) is 87.6 cm³/mol. The molecule has 0 radical (unpaired) electrons. The molecule has 0 saturated carbocycles. The van der Waals surface area contributed by atoms with Gasteiger partial charge in [0, 0.05) is 17.8 Å². The molecule has 4 heteroatoms. The highest BCUT2D eigenvalue weighted by molar-refractivity contribution is 5.94. The quantitative estimate of drug-likeness (QED) is 0.869. The van der Waals surface area contributed by atoms with Gasteiger partial charge in [-0.15, -0.1) is 0 Å². The number of para-hydroxylation sites is 2. The van der Waals surface area contributed by atoms with Crippen LogP contribution >= 0.6 is 0 Å². The normalized spacial score (nSPS) is 11.0. The molecule has 0 spiro atoms. The molecule has 0 aliphatic heterocycles. The van der Waals surface area contributed by atoms with Crippen molar-refractivity contribution in [3.63, 3.8) is 0 Å². The molecule has 0 fully saturated rings. The molecule has 0 heterocycles. The standard InChI is InChI=1S/C18H21NO3/c1-18(2,3)22-16-11-7-4-8-13(16)12-19-15-10-6-5-9-14(15)17(20)21/h4-11,19H,12H2,1-3H3,(H,20,21). The average molecular weight is 299 g/mol. The molecular weight excluding hydrogens is 278 g/mol. The lowest BCUT2D eigenvalue weighted by molar-refractivity contribution is 0.0698. The molecule has 0 bridgehead atoms. The lowest BCUT2D eigenvalue weighted by Crippen LogP contribution is -2.23. The Labute approximate surface area is 130 Å². The number of carboxylic acid groups (broad SMARTS) is 1. The van der Waals surface area contributed by atoms with E-state index in [0.29, 0.717) is 12.2 Å². The first-order valence-electron chi connectivity index (χ1n) is 7.20. The molecule has 4 nitrogen and oxygen atoms in total. The minimum atomic E-state index is -0.942. The van der Waals surface area contributed by atoms with Gasteiger partial charge in [-0.1, -0.05) is 30.3 Å². The van der Waals surface area contributed by atoms with E-state index in [4.69, 9.17) is 4.74 Å². The summed E-state index contributed by atoms with van der Waals surface area (Å²) >= 11 is 0. The Balaban J connectivity index is 2.18. The minimum absolute atomic E-state index is 0.261. The first kappa shape index (κ1) is 15.9. The largest absolute Gasteiger partial charge is 0.488 e. The number of ether oxygens (including phenoxy) is 1. The van der Waals surface area contributed by atoms with Crippen molar-refractivity contribution in [2.45, 2.75) is 32.9 Å². The number of hydrogen-bond donors (Lipinski definition) is 2. The summed E-state index contributed by atoms with van der Waals surface area (Å²) in [6.07, 6.45) is 0. The fourth-order valence-corrected chi connectivity index (χ4v) is 2.09. The summed E-state index contributed by atoms with van der Waals surface area (Å²) in [6, 6.07) is 14.6. The number of carboxylic acids is 1. The zero-order chi connectivity index (χ0) is 16.2. The van der Waals surface area contributed by atoms with Crippen LogP contribution in [0.2, 0.25) is 0 Å². The molecule has 0 unspecified atom stereocenters. The van der Waals surface area contributed by atoms with Crippen molar-refractivity contribution in [3.8, 4) is 5.75 Å². The second-order valence-corrected chi connectivity index (χ2v) is 6.03. The Hall–Kier alpha value is -2.49. The summed E-state index contributed by atoms with van der Waals surface area (Å²) in [5, 5.41) is 12.4. The SMILES string of the molecule is CC(C)(C)Oc1ccccc1CNc1ccccc1C(=O)O. The van der Waals surface area contributed by atoms with E-state index in [-0.39, 0.29) is 11.2 Å². The van der Waals surface area contributed by atoms with Crippen molar-refractivity contribution in [1.29, 1.82) is 0 Å². The summed E-state index contributed by atoms with van der Waals surface area (Å²) < 4.78 is 5.94. The van der Waals surface area contributed by atoms with E-state index in [0.717, 1.165) is 11.3 Å². The van der Waals surface area contributed by atoms with E-state index in [1.807, 2.05) is 51.1 Å². The van der Waals surface area contributed by atoms with Crippen LogP contribution in [0.25, 0.3) is 0 Å². The first-order chi connectivity index (χ1) is 10.4. The Morgan fingerprint density at radius 1 is 1.09 bits per heavy atom. The number of rotatable bonds is 5. The van der Waals surface area contributed by atoms with Gasteiger partial charge in [0.05, 0.1) is 5.56 Å². The van der Waals surface area contributed by atoms with Crippen LogP contribution in [0.5, 0.6) is 5.75 Å². The van der Waals surface area contributed by atoms with Crippen molar-refractivity contribution in [2.24, 2.45) is 0 Å². The molecule has 0 saturated heterocycles. The molecule has 22 heavy (non-hydrogen) atoms. The highest BCUT2D eigenvalue weighted by Gasteiger charge is 2.15. The van der Waals surface area contributed by atoms with Gasteiger partial charge in [-0.05, 0) is 39.0 Å². The Morgan fingerprint density at radius 2 is 1.73 bits per heavy atom. The Morgan fingerprint density at radius 3 is 2.41 bits per heavy atom. The van der Waals surface area contributed by atoms with Gasteiger partial charge >= 0.3 is 5.97 Å². The summed E-state index contributed by atoms with van der Waals surface area (Å²) in [5.74, 6) is -0.141. The maximum Gasteiger partial charge on any atom is 0.337 e. The molecule has 2 rings (SSSR count). The molecule has 0 aromatic heterocycles. The number of carbonyl (C=O) groups is 1. The third-order valence-corrected chi connectivity index (χ3v) is 3.02. The van der Waals surface area contributed by atoms with Crippen molar-refractivity contribution in [2.75, 3.05) is 5.32 Å². The minimum Gasteiger partial charge on any atom is -0.488 e. The van der Waals surface area contributed by atoms with E-state index in [1.54, 1.807) is 18.2 Å². The smallest absolute Gasteiger partial charge is 0.337 e. The summed E-state index contributed by atoms with van der Waals surface area (Å²) in [7, 11) is 0. The third-order valence-electron chi connectivity index (χ3n) is 3.02. The number of anilines is 1. The van der Waals surface area contributed by atoms with Crippen LogP contribution < -0.4 is 10.1 Å². The van der Waals surface area contributed by atoms with E-state index in [9.17, 15) is 9.90 Å². The maximum atomic E-state index is 11.2. The third kappa shape index (κ3) is 4.25. The van der Waals surface area contributed by atoms with Crippen LogP contribution in [-0.4, -0.2) is 16.7 Å². The number of nitrogens with one attached hydrogen (secondary N) is 1. The topological polar surface area (TPSA) is 58.6 Å². The van der Waals surface area contributed by atoms with Crippen LogP contribution in [0, 0.1) is 0 Å². The highest BCUT2D eigenvalue weighted by Crippen LogP contribution is 2.24. The van der Waals surface area contributed by atoms with Gasteiger partial charge in [-0.3, -0.25) is 0 Å². The molecule has 2 aromatic carbocycles. The first-order valence-corrected chi connectivity index (χ1v) is 7.20. The lowest BCUT2D eigenvalue weighted by Gasteiger charge is -2.23. The van der Waals surface area contributed by atoms with Gasteiger partial charge in [-0.2, -0.15) is 0 Å². The Bertz CT molecular complexity index is 659. The van der Waals surface area contributed by atoms with Crippen LogP contribution in [0.3, 0.4) is 0 Å². The lowest BCUT2D eigenvalue weighted by atomic mass is 10.1. The second kappa shape index (κ2) is 6.52. The van der Waals surface area contributed by atoms with Gasteiger partial charge in [-0.25, -0.2) is 4.79 Å². The number of benzene rings is 2. The zero-order valence-electron chi connectivity index (χ0n) is 13.1. The molecule has 0 amide bonds. The van der Waals surface area contributed by atoms with Gasteiger partial charge in [0.15, 0.2) is 0 Å². The van der Waals surface area contributed by atoms with Gasteiger partial charge in [0.2, 0.25) is 0 Å².